The lowest BCUT2D eigenvalue weighted by atomic mass is 10.4. The van der Waals surface area contributed by atoms with Crippen LogP contribution in [-0.2, 0) is 4.79 Å². The van der Waals surface area contributed by atoms with Gasteiger partial charge in [0.05, 0.1) is 5.75 Å². The van der Waals surface area contributed by atoms with E-state index in [1.165, 1.54) is 0 Å². The summed E-state index contributed by atoms with van der Waals surface area (Å²) in [5, 5.41) is 0. The third-order valence-electron chi connectivity index (χ3n) is 1.11. The Labute approximate surface area is 66.9 Å². The standard InChI is InChI=1S/C8H14OS/c1-3-5-6-10-7-8(9)4-2/h3,5H,4,6-7H2,1-2H3. The van der Waals surface area contributed by atoms with Gasteiger partial charge >= 0.3 is 0 Å². The minimum Gasteiger partial charge on any atom is -0.299 e. The zero-order chi connectivity index (χ0) is 7.82. The quantitative estimate of drug-likeness (QED) is 0.451. The van der Waals surface area contributed by atoms with Crippen molar-refractivity contribution in [2.24, 2.45) is 0 Å². The Kier molecular flexibility index (Phi) is 6.71. The van der Waals surface area contributed by atoms with Crippen molar-refractivity contribution in [1.82, 2.24) is 0 Å². The normalized spacial score (nSPS) is 10.6. The minimum absolute atomic E-state index is 0.342. The molecule has 0 aliphatic carbocycles. The molecule has 0 amide bonds. The summed E-state index contributed by atoms with van der Waals surface area (Å²) in [5.41, 5.74) is 0. The maximum atomic E-state index is 10.7. The predicted molar refractivity (Wildman–Crippen MR) is 47.4 cm³/mol. The van der Waals surface area contributed by atoms with Crippen LogP contribution in [0.1, 0.15) is 20.3 Å². The van der Waals surface area contributed by atoms with E-state index >= 15 is 0 Å². The third kappa shape index (κ3) is 5.89. The zero-order valence-corrected chi connectivity index (χ0v) is 7.41. The number of rotatable bonds is 5. The highest BCUT2D eigenvalue weighted by Crippen LogP contribution is 2.01. The Bertz CT molecular complexity index is 118. The van der Waals surface area contributed by atoms with Crippen LogP contribution in [0.4, 0.5) is 0 Å². The van der Waals surface area contributed by atoms with Gasteiger partial charge in [-0.25, -0.2) is 0 Å². The average molecular weight is 158 g/mol. The molecule has 0 aromatic rings. The first-order valence-electron chi connectivity index (χ1n) is 3.51. The zero-order valence-electron chi connectivity index (χ0n) is 6.59. The highest BCUT2D eigenvalue weighted by molar-refractivity contribution is 8.00. The molecule has 0 heterocycles. The van der Waals surface area contributed by atoms with Crippen LogP contribution in [0, 0.1) is 0 Å². The van der Waals surface area contributed by atoms with Crippen LogP contribution in [0.15, 0.2) is 12.2 Å². The summed E-state index contributed by atoms with van der Waals surface area (Å²) in [4.78, 5) is 10.7. The second kappa shape index (κ2) is 6.87. The summed E-state index contributed by atoms with van der Waals surface area (Å²) in [6.07, 6.45) is 4.74. The van der Waals surface area contributed by atoms with E-state index in [2.05, 4.69) is 6.08 Å². The molecule has 0 unspecified atom stereocenters. The molecule has 1 nitrogen and oxygen atoms in total. The summed E-state index contributed by atoms with van der Waals surface area (Å²) in [6.45, 7) is 3.89. The molecular formula is C8H14OS. The molecule has 0 atom stereocenters. The summed E-state index contributed by atoms with van der Waals surface area (Å²) in [6, 6.07) is 0. The van der Waals surface area contributed by atoms with Gasteiger partial charge in [0.1, 0.15) is 5.78 Å². The second-order valence-corrected chi connectivity index (χ2v) is 3.01. The molecule has 2 heteroatoms. The van der Waals surface area contributed by atoms with Gasteiger partial charge in [-0.3, -0.25) is 4.79 Å². The molecular weight excluding hydrogens is 144 g/mol. The summed E-state index contributed by atoms with van der Waals surface area (Å²) in [7, 11) is 0. The van der Waals surface area contributed by atoms with Crippen LogP contribution in [0.25, 0.3) is 0 Å². The van der Waals surface area contributed by atoms with E-state index < -0.39 is 0 Å². The van der Waals surface area contributed by atoms with E-state index in [0.717, 1.165) is 5.75 Å². The molecule has 0 fully saturated rings. The van der Waals surface area contributed by atoms with Crippen molar-refractivity contribution < 1.29 is 4.79 Å². The van der Waals surface area contributed by atoms with Gasteiger partial charge in [0.15, 0.2) is 0 Å². The largest absolute Gasteiger partial charge is 0.299 e. The van der Waals surface area contributed by atoms with E-state index in [1.807, 2.05) is 19.9 Å². The molecule has 0 saturated heterocycles. The number of carbonyl (C=O) groups excluding carboxylic acids is 1. The van der Waals surface area contributed by atoms with Gasteiger partial charge < -0.3 is 0 Å². The Morgan fingerprint density at radius 3 is 2.80 bits per heavy atom. The van der Waals surface area contributed by atoms with Crippen molar-refractivity contribution in [2.45, 2.75) is 20.3 Å². The molecule has 0 bridgehead atoms. The Morgan fingerprint density at radius 1 is 1.60 bits per heavy atom. The number of ketones is 1. The van der Waals surface area contributed by atoms with Crippen molar-refractivity contribution >= 4 is 17.5 Å². The molecule has 0 saturated carbocycles. The number of carbonyl (C=O) groups is 1. The molecule has 0 N–H and O–H groups in total. The van der Waals surface area contributed by atoms with Crippen LogP contribution in [-0.4, -0.2) is 17.3 Å². The minimum atomic E-state index is 0.342. The molecule has 0 aromatic heterocycles. The van der Waals surface area contributed by atoms with Gasteiger partial charge in [-0.2, -0.15) is 0 Å². The van der Waals surface area contributed by atoms with Crippen molar-refractivity contribution in [3.63, 3.8) is 0 Å². The highest BCUT2D eigenvalue weighted by atomic mass is 32.2. The topological polar surface area (TPSA) is 17.1 Å². The second-order valence-electron chi connectivity index (χ2n) is 1.98. The van der Waals surface area contributed by atoms with Gasteiger partial charge in [-0.15, -0.1) is 11.8 Å². The predicted octanol–water partition coefficient (Wildman–Crippen LogP) is 2.27. The fraction of sp³-hybridized carbons (Fsp3) is 0.625. The molecule has 0 rings (SSSR count). The molecule has 0 aliphatic heterocycles. The fourth-order valence-electron chi connectivity index (χ4n) is 0.439. The smallest absolute Gasteiger partial charge is 0.142 e. The van der Waals surface area contributed by atoms with Crippen LogP contribution in [0.3, 0.4) is 0 Å². The number of Topliss-reactive ketones (excluding diaryl/α,β-unsaturated/α-hetero) is 1. The van der Waals surface area contributed by atoms with E-state index in [9.17, 15) is 4.79 Å². The number of hydrogen-bond acceptors (Lipinski definition) is 2. The van der Waals surface area contributed by atoms with E-state index in [-0.39, 0.29) is 0 Å². The highest BCUT2D eigenvalue weighted by Gasteiger charge is 1.94. The Morgan fingerprint density at radius 2 is 2.30 bits per heavy atom. The molecule has 0 aromatic carbocycles. The summed E-state index contributed by atoms with van der Waals surface area (Å²) >= 11 is 1.67. The maximum Gasteiger partial charge on any atom is 0.142 e. The van der Waals surface area contributed by atoms with Crippen LogP contribution in [0.5, 0.6) is 0 Å². The molecule has 0 radical (unpaired) electrons. The van der Waals surface area contributed by atoms with Crippen LogP contribution >= 0.6 is 11.8 Å². The lowest BCUT2D eigenvalue weighted by Crippen LogP contribution is -1.98. The third-order valence-corrected chi connectivity index (χ3v) is 2.06. The van der Waals surface area contributed by atoms with E-state index in [0.29, 0.717) is 18.0 Å². The first-order valence-corrected chi connectivity index (χ1v) is 4.67. The maximum absolute atomic E-state index is 10.7. The van der Waals surface area contributed by atoms with Crippen molar-refractivity contribution in [1.29, 1.82) is 0 Å². The first kappa shape index (κ1) is 9.76. The number of allylic oxidation sites excluding steroid dienone is 1. The Hall–Kier alpha value is -0.240. The van der Waals surface area contributed by atoms with Gasteiger partial charge in [-0.05, 0) is 6.92 Å². The van der Waals surface area contributed by atoms with Crippen molar-refractivity contribution in [3.8, 4) is 0 Å². The van der Waals surface area contributed by atoms with Gasteiger partial charge in [0.2, 0.25) is 0 Å². The van der Waals surface area contributed by atoms with E-state index in [1.54, 1.807) is 11.8 Å². The monoisotopic (exact) mass is 158 g/mol. The molecule has 10 heavy (non-hydrogen) atoms. The lowest BCUT2D eigenvalue weighted by molar-refractivity contribution is -0.116. The summed E-state index contributed by atoms with van der Waals surface area (Å²) in [5.74, 6) is 1.97. The molecule has 0 spiro atoms. The van der Waals surface area contributed by atoms with Crippen molar-refractivity contribution in [2.75, 3.05) is 11.5 Å². The first-order chi connectivity index (χ1) is 4.81. The fourth-order valence-corrected chi connectivity index (χ4v) is 1.32. The van der Waals surface area contributed by atoms with Crippen molar-refractivity contribution in [3.05, 3.63) is 12.2 Å². The number of hydrogen-bond donors (Lipinski definition) is 0. The SMILES string of the molecule is CC=CCSCC(=O)CC. The molecule has 58 valence electrons. The van der Waals surface area contributed by atoms with Gasteiger partial charge in [0, 0.05) is 12.2 Å². The molecule has 0 aliphatic rings. The number of thioether (sulfide) groups is 1. The van der Waals surface area contributed by atoms with E-state index in [4.69, 9.17) is 0 Å². The van der Waals surface area contributed by atoms with Crippen LogP contribution < -0.4 is 0 Å². The lowest BCUT2D eigenvalue weighted by Gasteiger charge is -1.93. The summed E-state index contributed by atoms with van der Waals surface area (Å²) < 4.78 is 0. The van der Waals surface area contributed by atoms with Crippen LogP contribution in [0.2, 0.25) is 0 Å². The van der Waals surface area contributed by atoms with Gasteiger partial charge in [0.25, 0.3) is 0 Å². The van der Waals surface area contributed by atoms with Gasteiger partial charge in [-0.1, -0.05) is 19.1 Å². The Balaban J connectivity index is 3.11. The average Bonchev–Trinajstić information content (AvgIpc) is 1.98.